The molecule has 54 valence electrons. The van der Waals surface area contributed by atoms with E-state index in [9.17, 15) is 0 Å². The number of hydrogen-bond donors (Lipinski definition) is 0. The highest BCUT2D eigenvalue weighted by Crippen LogP contribution is 2.54. The highest BCUT2D eigenvalue weighted by atomic mass is 15.1. The Balaban J connectivity index is 1.80. The van der Waals surface area contributed by atoms with Crippen LogP contribution in [0.4, 0.5) is 0 Å². The summed E-state index contributed by atoms with van der Waals surface area (Å²) in [6.45, 7) is 0.740. The first-order valence-corrected chi connectivity index (χ1v) is 3.91. The fourth-order valence-corrected chi connectivity index (χ4v) is 2.14. The fourth-order valence-electron chi connectivity index (χ4n) is 2.14. The van der Waals surface area contributed by atoms with Crippen molar-refractivity contribution in [3.63, 3.8) is 0 Å². The second-order valence-electron chi connectivity index (χ2n) is 3.51. The molecule has 0 spiro atoms. The van der Waals surface area contributed by atoms with Crippen LogP contribution in [0.3, 0.4) is 0 Å². The maximum atomic E-state index is 8.06. The molecule has 0 amide bonds. The third kappa shape index (κ3) is 0.971. The quantitative estimate of drug-likeness (QED) is 0.318. The minimum Gasteiger partial charge on any atom is -0.0937 e. The van der Waals surface area contributed by atoms with Crippen molar-refractivity contribution in [3.8, 4) is 0 Å². The zero-order valence-corrected chi connectivity index (χ0v) is 5.90. The van der Waals surface area contributed by atoms with Gasteiger partial charge in [-0.25, -0.2) is 0 Å². The summed E-state index contributed by atoms with van der Waals surface area (Å²) in [6.07, 6.45) is 4.10. The summed E-state index contributed by atoms with van der Waals surface area (Å²) in [7, 11) is 0. The number of fused-ring (bicyclic) bond motifs is 1. The van der Waals surface area contributed by atoms with Crippen LogP contribution in [0.5, 0.6) is 0 Å². The van der Waals surface area contributed by atoms with Crippen LogP contribution in [0.25, 0.3) is 10.4 Å². The third-order valence-electron chi connectivity index (χ3n) is 2.74. The van der Waals surface area contributed by atoms with E-state index >= 15 is 0 Å². The summed E-state index contributed by atoms with van der Waals surface area (Å²) in [6, 6.07) is 0. The molecule has 10 heavy (non-hydrogen) atoms. The smallest absolute Gasteiger partial charge is 0.0286 e. The van der Waals surface area contributed by atoms with Crippen LogP contribution in [-0.2, 0) is 0 Å². The van der Waals surface area contributed by atoms with Crippen LogP contribution in [0.15, 0.2) is 5.11 Å². The van der Waals surface area contributed by atoms with Crippen molar-refractivity contribution in [2.45, 2.75) is 19.3 Å². The molecule has 2 fully saturated rings. The van der Waals surface area contributed by atoms with Gasteiger partial charge in [-0.1, -0.05) is 5.11 Å². The Morgan fingerprint density at radius 1 is 1.30 bits per heavy atom. The van der Waals surface area contributed by atoms with E-state index in [0.29, 0.717) is 0 Å². The van der Waals surface area contributed by atoms with Gasteiger partial charge in [0.25, 0.3) is 0 Å². The molecule has 0 heterocycles. The molecule has 2 atom stereocenters. The molecule has 0 aromatic heterocycles. The van der Waals surface area contributed by atoms with Gasteiger partial charge >= 0.3 is 0 Å². The Hall–Kier alpha value is -0.690. The molecule has 2 saturated carbocycles. The van der Waals surface area contributed by atoms with Crippen LogP contribution < -0.4 is 0 Å². The normalized spacial score (nSPS) is 42.2. The maximum Gasteiger partial charge on any atom is 0.0286 e. The molecule has 2 rings (SSSR count). The minimum absolute atomic E-state index is 0.722. The lowest BCUT2D eigenvalue weighted by Crippen LogP contribution is -1.99. The molecule has 0 bridgehead atoms. The summed E-state index contributed by atoms with van der Waals surface area (Å²) in [5, 5.41) is 3.59. The van der Waals surface area contributed by atoms with Crippen LogP contribution >= 0.6 is 0 Å². The molecule has 2 unspecified atom stereocenters. The highest BCUT2D eigenvalue weighted by Gasteiger charge is 2.45. The summed E-state index contributed by atoms with van der Waals surface area (Å²) in [5.41, 5.74) is 8.06. The van der Waals surface area contributed by atoms with Crippen molar-refractivity contribution < 1.29 is 0 Å². The Bertz CT molecular complexity index is 173. The first kappa shape index (κ1) is 6.05. The molecule has 2 aliphatic rings. The number of nitrogens with zero attached hydrogens (tertiary/aromatic N) is 3. The Morgan fingerprint density at radius 2 is 2.00 bits per heavy atom. The van der Waals surface area contributed by atoms with Crippen molar-refractivity contribution in [2.24, 2.45) is 22.9 Å². The van der Waals surface area contributed by atoms with Crippen molar-refractivity contribution >= 4 is 0 Å². The molecule has 0 N–H and O–H groups in total. The van der Waals surface area contributed by atoms with Gasteiger partial charge in [0.15, 0.2) is 0 Å². The van der Waals surface area contributed by atoms with E-state index in [0.717, 1.165) is 24.3 Å². The molecule has 0 radical (unpaired) electrons. The lowest BCUT2D eigenvalue weighted by atomic mass is 10.0. The molecule has 3 nitrogen and oxygen atoms in total. The first-order valence-electron chi connectivity index (χ1n) is 3.91. The Kier molecular flexibility index (Phi) is 1.31. The number of hydrogen-bond acceptors (Lipinski definition) is 1. The molecule has 0 aliphatic heterocycles. The van der Waals surface area contributed by atoms with Gasteiger partial charge < -0.3 is 0 Å². The molecule has 0 saturated heterocycles. The molecule has 3 heteroatoms. The van der Waals surface area contributed by atoms with E-state index in [1.165, 1.54) is 19.3 Å². The van der Waals surface area contributed by atoms with Crippen LogP contribution in [0.2, 0.25) is 0 Å². The molecular weight excluding hydrogens is 126 g/mol. The fraction of sp³-hybridized carbons (Fsp3) is 1.00. The van der Waals surface area contributed by atoms with E-state index in [-0.39, 0.29) is 0 Å². The van der Waals surface area contributed by atoms with Crippen LogP contribution in [0.1, 0.15) is 19.3 Å². The predicted octanol–water partition coefficient (Wildman–Crippen LogP) is 2.34. The summed E-state index contributed by atoms with van der Waals surface area (Å²) in [4.78, 5) is 2.76. The zero-order valence-electron chi connectivity index (χ0n) is 5.90. The minimum atomic E-state index is 0.722. The Morgan fingerprint density at radius 3 is 2.60 bits per heavy atom. The average Bonchev–Trinajstić information content (AvgIpc) is 2.56. The summed E-state index contributed by atoms with van der Waals surface area (Å²) < 4.78 is 0. The van der Waals surface area contributed by atoms with E-state index in [2.05, 4.69) is 10.0 Å². The second kappa shape index (κ2) is 2.17. The van der Waals surface area contributed by atoms with Crippen LogP contribution in [-0.4, -0.2) is 6.54 Å². The number of azide groups is 1. The average molecular weight is 137 g/mol. The standard InChI is InChI=1S/C7H11N3/c8-10-9-4-5-1-6-3-7(6)2-5/h5-7H,1-4H2. The largest absolute Gasteiger partial charge is 0.0937 e. The lowest BCUT2D eigenvalue weighted by molar-refractivity contribution is 0.498. The Labute approximate surface area is 60.1 Å². The lowest BCUT2D eigenvalue weighted by Gasteiger charge is -2.04. The highest BCUT2D eigenvalue weighted by molar-refractivity contribution is 4.96. The van der Waals surface area contributed by atoms with E-state index in [1.54, 1.807) is 0 Å². The van der Waals surface area contributed by atoms with Gasteiger partial charge in [-0.3, -0.25) is 0 Å². The van der Waals surface area contributed by atoms with Gasteiger partial charge in [-0.15, -0.1) is 0 Å². The van der Waals surface area contributed by atoms with Crippen molar-refractivity contribution in [2.75, 3.05) is 6.54 Å². The summed E-state index contributed by atoms with van der Waals surface area (Å²) >= 11 is 0. The molecular formula is C7H11N3. The van der Waals surface area contributed by atoms with Crippen molar-refractivity contribution in [1.82, 2.24) is 0 Å². The van der Waals surface area contributed by atoms with Gasteiger partial charge in [0, 0.05) is 11.5 Å². The predicted molar refractivity (Wildman–Crippen MR) is 38.3 cm³/mol. The van der Waals surface area contributed by atoms with Gasteiger partial charge in [0.1, 0.15) is 0 Å². The first-order chi connectivity index (χ1) is 4.90. The molecule has 0 aromatic rings. The molecule has 2 aliphatic carbocycles. The van der Waals surface area contributed by atoms with Gasteiger partial charge in [0.05, 0.1) is 0 Å². The summed E-state index contributed by atoms with van der Waals surface area (Å²) in [5.74, 6) is 2.75. The maximum absolute atomic E-state index is 8.06. The van der Waals surface area contributed by atoms with Gasteiger partial charge in [-0.05, 0) is 42.5 Å². The van der Waals surface area contributed by atoms with E-state index in [4.69, 9.17) is 5.53 Å². The van der Waals surface area contributed by atoms with Crippen LogP contribution in [0, 0.1) is 17.8 Å². The van der Waals surface area contributed by atoms with E-state index in [1.807, 2.05) is 0 Å². The number of rotatable bonds is 2. The molecule has 0 aromatic carbocycles. The second-order valence-corrected chi connectivity index (χ2v) is 3.51. The topological polar surface area (TPSA) is 48.8 Å². The third-order valence-corrected chi connectivity index (χ3v) is 2.74. The zero-order chi connectivity index (χ0) is 6.97. The van der Waals surface area contributed by atoms with Crippen molar-refractivity contribution in [3.05, 3.63) is 10.4 Å². The monoisotopic (exact) mass is 137 g/mol. The van der Waals surface area contributed by atoms with Gasteiger partial charge in [-0.2, -0.15) is 0 Å². The van der Waals surface area contributed by atoms with Crippen molar-refractivity contribution in [1.29, 1.82) is 0 Å². The van der Waals surface area contributed by atoms with E-state index < -0.39 is 0 Å². The SMILES string of the molecule is [N-]=[N+]=NCC1CC2CC2C1. The van der Waals surface area contributed by atoms with Gasteiger partial charge in [0.2, 0.25) is 0 Å².